The largest absolute Gasteiger partial charge is 0.493 e. The van der Waals surface area contributed by atoms with Crippen molar-refractivity contribution in [2.75, 3.05) is 41.0 Å². The van der Waals surface area contributed by atoms with Crippen LogP contribution in [0.15, 0.2) is 12.1 Å². The molecule has 2 N–H and O–H groups in total. The van der Waals surface area contributed by atoms with Gasteiger partial charge in [0.2, 0.25) is 11.7 Å². The second-order valence-electron chi connectivity index (χ2n) is 6.83. The lowest BCUT2D eigenvalue weighted by atomic mass is 9.81. The van der Waals surface area contributed by atoms with Gasteiger partial charge < -0.3 is 24.8 Å². The lowest BCUT2D eigenvalue weighted by molar-refractivity contribution is -0.121. The molecule has 6 nitrogen and oxygen atoms in total. The average Bonchev–Trinajstić information content (AvgIpc) is 2.64. The minimum absolute atomic E-state index is 0.0663. The van der Waals surface area contributed by atoms with Crippen LogP contribution in [0.3, 0.4) is 0 Å². The number of hydrogen-bond donors (Lipinski definition) is 2. The van der Waals surface area contributed by atoms with Crippen LogP contribution in [0.4, 0.5) is 0 Å². The molecule has 0 saturated carbocycles. The molecule has 25 heavy (non-hydrogen) atoms. The molecule has 1 saturated heterocycles. The number of nitrogens with one attached hydrogen (secondary N) is 2. The van der Waals surface area contributed by atoms with E-state index in [4.69, 9.17) is 14.2 Å². The zero-order valence-corrected chi connectivity index (χ0v) is 15.7. The van der Waals surface area contributed by atoms with Gasteiger partial charge in [-0.15, -0.1) is 0 Å². The highest BCUT2D eigenvalue weighted by Gasteiger charge is 2.27. The number of benzene rings is 1. The maximum atomic E-state index is 12.3. The monoisotopic (exact) mass is 350 g/mol. The van der Waals surface area contributed by atoms with Crippen LogP contribution in [-0.4, -0.2) is 46.9 Å². The van der Waals surface area contributed by atoms with Crippen molar-refractivity contribution in [1.29, 1.82) is 0 Å². The van der Waals surface area contributed by atoms with Crippen molar-refractivity contribution in [1.82, 2.24) is 10.6 Å². The summed E-state index contributed by atoms with van der Waals surface area (Å²) in [4.78, 5) is 12.3. The molecule has 0 aliphatic carbocycles. The summed E-state index contributed by atoms with van der Waals surface area (Å²) < 4.78 is 16.1. The molecule has 1 aromatic carbocycles. The zero-order chi connectivity index (χ0) is 18.3. The van der Waals surface area contributed by atoms with Crippen molar-refractivity contribution in [2.45, 2.75) is 32.6 Å². The van der Waals surface area contributed by atoms with E-state index >= 15 is 0 Å². The molecule has 1 aromatic rings. The van der Waals surface area contributed by atoms with Gasteiger partial charge in [-0.2, -0.15) is 0 Å². The van der Waals surface area contributed by atoms with Gasteiger partial charge in [0, 0.05) is 13.0 Å². The molecule has 1 aliphatic rings. The summed E-state index contributed by atoms with van der Waals surface area (Å²) in [5.41, 5.74) is 1.13. The highest BCUT2D eigenvalue weighted by atomic mass is 16.5. The molecular formula is C19H30N2O4. The molecule has 0 aromatic heterocycles. The van der Waals surface area contributed by atoms with E-state index in [0.717, 1.165) is 38.0 Å². The van der Waals surface area contributed by atoms with Crippen LogP contribution in [0.2, 0.25) is 0 Å². The van der Waals surface area contributed by atoms with Crippen LogP contribution >= 0.6 is 0 Å². The van der Waals surface area contributed by atoms with Gasteiger partial charge in [-0.1, -0.05) is 13.0 Å². The first-order valence-corrected chi connectivity index (χ1v) is 8.78. The van der Waals surface area contributed by atoms with E-state index in [1.165, 1.54) is 0 Å². The molecule has 2 rings (SSSR count). The lowest BCUT2D eigenvalue weighted by Gasteiger charge is -2.34. The molecule has 0 atom stereocenters. The Morgan fingerprint density at radius 2 is 1.80 bits per heavy atom. The fourth-order valence-electron chi connectivity index (χ4n) is 3.22. The van der Waals surface area contributed by atoms with Gasteiger partial charge in [-0.25, -0.2) is 0 Å². The molecule has 0 unspecified atom stereocenters. The Kier molecular flexibility index (Phi) is 6.93. The summed E-state index contributed by atoms with van der Waals surface area (Å²) in [5, 5.41) is 6.45. The maximum absolute atomic E-state index is 12.3. The fourth-order valence-corrected chi connectivity index (χ4v) is 3.22. The first kappa shape index (κ1) is 19.4. The van der Waals surface area contributed by atoms with E-state index < -0.39 is 0 Å². The lowest BCUT2D eigenvalue weighted by Crippen LogP contribution is -2.42. The van der Waals surface area contributed by atoms with Gasteiger partial charge in [0.15, 0.2) is 11.5 Å². The van der Waals surface area contributed by atoms with Gasteiger partial charge in [-0.05, 0) is 49.4 Å². The Balaban J connectivity index is 1.93. The van der Waals surface area contributed by atoms with Crippen LogP contribution in [0.1, 0.15) is 31.7 Å². The third-order valence-corrected chi connectivity index (χ3v) is 4.93. The molecule has 6 heteroatoms. The van der Waals surface area contributed by atoms with Gasteiger partial charge in [0.05, 0.1) is 21.3 Å². The van der Waals surface area contributed by atoms with Crippen molar-refractivity contribution < 1.29 is 19.0 Å². The second kappa shape index (κ2) is 8.94. The van der Waals surface area contributed by atoms with Crippen molar-refractivity contribution in [2.24, 2.45) is 5.41 Å². The van der Waals surface area contributed by atoms with Gasteiger partial charge in [-0.3, -0.25) is 4.79 Å². The molecule has 140 valence electrons. The minimum Gasteiger partial charge on any atom is -0.493 e. The average molecular weight is 350 g/mol. The summed E-state index contributed by atoms with van der Waals surface area (Å²) >= 11 is 0. The number of aryl methyl sites for hydroxylation is 1. The fraction of sp³-hybridized carbons (Fsp3) is 0.632. The summed E-state index contributed by atoms with van der Waals surface area (Å²) in [7, 11) is 4.77. The quantitative estimate of drug-likeness (QED) is 0.752. The van der Waals surface area contributed by atoms with Crippen molar-refractivity contribution in [3.05, 3.63) is 17.7 Å². The number of piperidine rings is 1. The van der Waals surface area contributed by atoms with Crippen LogP contribution < -0.4 is 24.8 Å². The molecular weight excluding hydrogens is 320 g/mol. The minimum atomic E-state index is 0.0663. The number of carbonyl (C=O) groups excluding carboxylic acids is 1. The number of rotatable bonds is 8. The molecule has 1 aliphatic heterocycles. The number of carbonyl (C=O) groups is 1. The third kappa shape index (κ3) is 5.01. The molecule has 0 bridgehead atoms. The van der Waals surface area contributed by atoms with Crippen molar-refractivity contribution >= 4 is 5.91 Å². The Hall–Kier alpha value is -1.95. The second-order valence-corrected chi connectivity index (χ2v) is 6.83. The Bertz CT molecular complexity index is 583. The molecule has 0 radical (unpaired) electrons. The first-order chi connectivity index (χ1) is 12.0. The van der Waals surface area contributed by atoms with Crippen molar-refractivity contribution in [3.63, 3.8) is 0 Å². The van der Waals surface area contributed by atoms with Gasteiger partial charge in [0.1, 0.15) is 0 Å². The Morgan fingerprint density at radius 3 is 2.40 bits per heavy atom. The smallest absolute Gasteiger partial charge is 0.220 e. The van der Waals surface area contributed by atoms with E-state index in [9.17, 15) is 4.79 Å². The maximum Gasteiger partial charge on any atom is 0.220 e. The van der Waals surface area contributed by atoms with Crippen molar-refractivity contribution in [3.8, 4) is 17.2 Å². The number of hydrogen-bond acceptors (Lipinski definition) is 5. The number of methoxy groups -OCH3 is 3. The van der Waals surface area contributed by atoms with E-state index in [2.05, 4.69) is 17.6 Å². The third-order valence-electron chi connectivity index (χ3n) is 4.93. The predicted molar refractivity (Wildman–Crippen MR) is 97.6 cm³/mol. The van der Waals surface area contributed by atoms with Crippen LogP contribution in [0.25, 0.3) is 0 Å². The highest BCUT2D eigenvalue weighted by molar-refractivity contribution is 5.76. The molecule has 0 spiro atoms. The highest BCUT2D eigenvalue weighted by Crippen LogP contribution is 2.40. The van der Waals surface area contributed by atoms with E-state index in [1.807, 2.05) is 12.1 Å². The van der Waals surface area contributed by atoms with Gasteiger partial charge >= 0.3 is 0 Å². The molecule has 1 fully saturated rings. The zero-order valence-electron chi connectivity index (χ0n) is 15.7. The topological polar surface area (TPSA) is 68.8 Å². The standard InChI is InChI=1S/C19H30N2O4/c1-19(9-11-20-12-10-19)13-21-16(22)8-6-14-5-7-15(23-2)18(25-4)17(14)24-3/h5,7,20H,6,8-13H2,1-4H3,(H,21,22). The molecule has 1 heterocycles. The normalized spacial score (nSPS) is 16.2. The van der Waals surface area contributed by atoms with Gasteiger partial charge in [0.25, 0.3) is 0 Å². The van der Waals surface area contributed by atoms with E-state index in [0.29, 0.717) is 30.1 Å². The van der Waals surface area contributed by atoms with Crippen LogP contribution in [-0.2, 0) is 11.2 Å². The summed E-state index contributed by atoms with van der Waals surface area (Å²) in [6.45, 7) is 5.02. The summed E-state index contributed by atoms with van der Waals surface area (Å²) in [6.07, 6.45) is 3.20. The molecule has 1 amide bonds. The van der Waals surface area contributed by atoms with E-state index in [-0.39, 0.29) is 11.3 Å². The summed E-state index contributed by atoms with van der Waals surface area (Å²) in [6, 6.07) is 3.76. The Morgan fingerprint density at radius 1 is 1.12 bits per heavy atom. The number of ether oxygens (including phenoxy) is 3. The Labute approximate surface area is 150 Å². The number of amides is 1. The van der Waals surface area contributed by atoms with E-state index in [1.54, 1.807) is 21.3 Å². The van der Waals surface area contributed by atoms with Crippen LogP contribution in [0, 0.1) is 5.41 Å². The first-order valence-electron chi connectivity index (χ1n) is 8.78. The SMILES string of the molecule is COc1ccc(CCC(=O)NCC2(C)CCNCC2)c(OC)c1OC. The summed E-state index contributed by atoms with van der Waals surface area (Å²) in [5.74, 6) is 1.87. The van der Waals surface area contributed by atoms with Crippen LogP contribution in [0.5, 0.6) is 17.2 Å². The predicted octanol–water partition coefficient (Wildman–Crippen LogP) is 2.15.